The molecule has 0 atom stereocenters. The number of benzene rings is 1. The number of Topliss-reactive ketones (excluding diaryl/α,β-unsaturated/α-hetero) is 1. The number of nitrogens with zero attached hydrogens (tertiary/aromatic N) is 1. The van der Waals surface area contributed by atoms with Crippen LogP contribution >= 0.6 is 11.6 Å². The largest absolute Gasteiger partial charge is 0.384 e. The van der Waals surface area contributed by atoms with Gasteiger partial charge in [0.25, 0.3) is 0 Å². The summed E-state index contributed by atoms with van der Waals surface area (Å²) in [6.45, 7) is 1.79. The summed E-state index contributed by atoms with van der Waals surface area (Å²) in [6.07, 6.45) is 3.84. The SMILES string of the molecule is CC(=O)CNC=CCC(=N)c1ccc(C#N)c(Cl)c1. The molecule has 0 radical (unpaired) electrons. The summed E-state index contributed by atoms with van der Waals surface area (Å²) in [7, 11) is 0. The Morgan fingerprint density at radius 3 is 2.89 bits per heavy atom. The van der Waals surface area contributed by atoms with E-state index in [1.165, 1.54) is 6.92 Å². The average Bonchev–Trinajstić information content (AvgIpc) is 2.37. The van der Waals surface area contributed by atoms with E-state index < -0.39 is 0 Å². The van der Waals surface area contributed by atoms with Crippen molar-refractivity contribution in [3.05, 3.63) is 46.6 Å². The Morgan fingerprint density at radius 1 is 1.58 bits per heavy atom. The third kappa shape index (κ3) is 4.94. The van der Waals surface area contributed by atoms with Crippen molar-refractivity contribution in [3.63, 3.8) is 0 Å². The molecule has 1 aromatic rings. The van der Waals surface area contributed by atoms with Gasteiger partial charge in [-0.25, -0.2) is 0 Å². The molecule has 0 saturated carbocycles. The van der Waals surface area contributed by atoms with Crippen molar-refractivity contribution < 1.29 is 4.79 Å². The van der Waals surface area contributed by atoms with Crippen molar-refractivity contribution in [1.29, 1.82) is 10.7 Å². The van der Waals surface area contributed by atoms with Gasteiger partial charge in [0, 0.05) is 12.1 Å². The highest BCUT2D eigenvalue weighted by molar-refractivity contribution is 6.32. The van der Waals surface area contributed by atoms with Crippen LogP contribution in [0.1, 0.15) is 24.5 Å². The Morgan fingerprint density at radius 2 is 2.32 bits per heavy atom. The Bertz CT molecular complexity index is 558. The average molecular weight is 276 g/mol. The highest BCUT2D eigenvalue weighted by Crippen LogP contribution is 2.17. The van der Waals surface area contributed by atoms with Crippen molar-refractivity contribution in [2.45, 2.75) is 13.3 Å². The van der Waals surface area contributed by atoms with E-state index in [2.05, 4.69) is 5.32 Å². The molecule has 5 heteroatoms. The minimum Gasteiger partial charge on any atom is -0.384 e. The second-order valence-electron chi connectivity index (χ2n) is 3.97. The number of halogens is 1. The van der Waals surface area contributed by atoms with Gasteiger partial charge in [-0.3, -0.25) is 4.79 Å². The van der Waals surface area contributed by atoms with E-state index in [-0.39, 0.29) is 12.3 Å². The summed E-state index contributed by atoms with van der Waals surface area (Å²) >= 11 is 5.91. The molecule has 0 unspecified atom stereocenters. The maximum Gasteiger partial charge on any atom is 0.148 e. The predicted octanol–water partition coefficient (Wildman–Crippen LogP) is 2.66. The van der Waals surface area contributed by atoms with Crippen LogP contribution in [0.15, 0.2) is 30.5 Å². The molecule has 0 aliphatic carbocycles. The molecule has 0 aliphatic heterocycles. The minimum absolute atomic E-state index is 0.0543. The van der Waals surface area contributed by atoms with Gasteiger partial charge in [0.1, 0.15) is 11.9 Å². The summed E-state index contributed by atoms with van der Waals surface area (Å²) in [4.78, 5) is 10.7. The third-order valence-electron chi connectivity index (χ3n) is 2.35. The quantitative estimate of drug-likeness (QED) is 0.784. The van der Waals surface area contributed by atoms with Gasteiger partial charge in [0.15, 0.2) is 0 Å². The number of carbonyl (C=O) groups is 1. The van der Waals surface area contributed by atoms with Crippen LogP contribution in [0.2, 0.25) is 5.02 Å². The summed E-state index contributed by atoms with van der Waals surface area (Å²) < 4.78 is 0. The number of ketones is 1. The van der Waals surface area contributed by atoms with E-state index in [1.54, 1.807) is 30.5 Å². The molecule has 1 aromatic carbocycles. The summed E-state index contributed by atoms with van der Waals surface area (Å²) in [6, 6.07) is 6.88. The van der Waals surface area contributed by atoms with Crippen LogP contribution in [0.5, 0.6) is 0 Å². The van der Waals surface area contributed by atoms with Crippen LogP contribution in [0.3, 0.4) is 0 Å². The lowest BCUT2D eigenvalue weighted by molar-refractivity contribution is -0.116. The number of nitrogens with one attached hydrogen (secondary N) is 2. The fourth-order valence-corrected chi connectivity index (χ4v) is 1.60. The molecule has 0 amide bonds. The third-order valence-corrected chi connectivity index (χ3v) is 2.66. The van der Waals surface area contributed by atoms with E-state index >= 15 is 0 Å². The molecule has 1 rings (SSSR count). The lowest BCUT2D eigenvalue weighted by atomic mass is 10.1. The molecule has 2 N–H and O–H groups in total. The number of allylic oxidation sites excluding steroid dienone is 1. The smallest absolute Gasteiger partial charge is 0.148 e. The van der Waals surface area contributed by atoms with Crippen LogP contribution < -0.4 is 5.32 Å². The Labute approximate surface area is 117 Å². The maximum absolute atomic E-state index is 10.7. The van der Waals surface area contributed by atoms with Gasteiger partial charge >= 0.3 is 0 Å². The van der Waals surface area contributed by atoms with Crippen LogP contribution in [0.4, 0.5) is 0 Å². The molecule has 0 aromatic heterocycles. The first-order chi connectivity index (χ1) is 9.04. The van der Waals surface area contributed by atoms with Crippen LogP contribution in [-0.4, -0.2) is 18.0 Å². The van der Waals surface area contributed by atoms with Crippen molar-refractivity contribution >= 4 is 23.1 Å². The van der Waals surface area contributed by atoms with Crippen molar-refractivity contribution in [2.75, 3.05) is 6.54 Å². The van der Waals surface area contributed by atoms with Gasteiger partial charge in [-0.1, -0.05) is 23.7 Å². The van der Waals surface area contributed by atoms with Gasteiger partial charge in [-0.2, -0.15) is 5.26 Å². The first-order valence-electron chi connectivity index (χ1n) is 5.70. The van der Waals surface area contributed by atoms with E-state index in [0.717, 1.165) is 0 Å². The number of rotatable bonds is 6. The molecule has 98 valence electrons. The molecule has 0 aliphatic rings. The number of hydrogen-bond acceptors (Lipinski definition) is 4. The molecule has 0 saturated heterocycles. The van der Waals surface area contributed by atoms with E-state index in [1.807, 2.05) is 6.07 Å². The molecular weight excluding hydrogens is 262 g/mol. The molecular formula is C14H14ClN3O. The first-order valence-corrected chi connectivity index (χ1v) is 6.07. The lowest BCUT2D eigenvalue weighted by Crippen LogP contribution is -2.14. The lowest BCUT2D eigenvalue weighted by Gasteiger charge is -2.03. The molecule has 19 heavy (non-hydrogen) atoms. The van der Waals surface area contributed by atoms with Crippen LogP contribution in [0.25, 0.3) is 0 Å². The van der Waals surface area contributed by atoms with Gasteiger partial charge < -0.3 is 10.7 Å². The predicted molar refractivity (Wildman–Crippen MR) is 75.4 cm³/mol. The second kappa shape index (κ2) is 7.34. The molecule has 4 nitrogen and oxygen atoms in total. The Balaban J connectivity index is 2.57. The monoisotopic (exact) mass is 275 g/mol. The molecule has 0 heterocycles. The molecule has 0 fully saturated rings. The number of carbonyl (C=O) groups excluding carboxylic acids is 1. The van der Waals surface area contributed by atoms with Crippen LogP contribution in [0, 0.1) is 16.7 Å². The fourth-order valence-electron chi connectivity index (χ4n) is 1.37. The van der Waals surface area contributed by atoms with Gasteiger partial charge in [0.2, 0.25) is 0 Å². The molecule has 0 spiro atoms. The van der Waals surface area contributed by atoms with Crippen molar-refractivity contribution in [3.8, 4) is 6.07 Å². The fraction of sp³-hybridized carbons (Fsp3) is 0.214. The summed E-state index contributed by atoms with van der Waals surface area (Å²) in [5.41, 5.74) is 1.48. The normalized spacial score (nSPS) is 10.2. The van der Waals surface area contributed by atoms with E-state index in [9.17, 15) is 4.79 Å². The molecule has 0 bridgehead atoms. The maximum atomic E-state index is 10.7. The van der Waals surface area contributed by atoms with Crippen molar-refractivity contribution in [2.24, 2.45) is 0 Å². The highest BCUT2D eigenvalue weighted by atomic mass is 35.5. The topological polar surface area (TPSA) is 76.7 Å². The Kier molecular flexibility index (Phi) is 5.77. The first kappa shape index (κ1) is 14.9. The van der Waals surface area contributed by atoms with Crippen LogP contribution in [-0.2, 0) is 4.79 Å². The zero-order valence-electron chi connectivity index (χ0n) is 10.5. The van der Waals surface area contributed by atoms with E-state index in [4.69, 9.17) is 22.3 Å². The Hall–Kier alpha value is -2.12. The van der Waals surface area contributed by atoms with Gasteiger partial charge in [-0.05, 0) is 30.8 Å². The summed E-state index contributed by atoms with van der Waals surface area (Å²) in [5, 5.41) is 19.8. The standard InChI is InChI=1S/C14H14ClN3O/c1-10(19)9-18-6-2-3-14(17)11-4-5-12(8-16)13(15)7-11/h2,4-7,17-18H,3,9H2,1H3. The van der Waals surface area contributed by atoms with Gasteiger partial charge in [0.05, 0.1) is 17.1 Å². The highest BCUT2D eigenvalue weighted by Gasteiger charge is 2.04. The van der Waals surface area contributed by atoms with E-state index in [0.29, 0.717) is 28.3 Å². The number of nitriles is 1. The zero-order valence-corrected chi connectivity index (χ0v) is 11.3. The van der Waals surface area contributed by atoms with Gasteiger partial charge in [-0.15, -0.1) is 0 Å². The number of hydrogen-bond donors (Lipinski definition) is 2. The summed E-state index contributed by atoms with van der Waals surface area (Å²) in [5.74, 6) is 0.0543. The van der Waals surface area contributed by atoms with Crippen molar-refractivity contribution in [1.82, 2.24) is 5.32 Å². The minimum atomic E-state index is 0.0543. The zero-order chi connectivity index (χ0) is 14.3. The second-order valence-corrected chi connectivity index (χ2v) is 4.38.